The first-order valence-corrected chi connectivity index (χ1v) is 25.4. The van der Waals surface area contributed by atoms with Crippen molar-refractivity contribution < 1.29 is 52.9 Å². The quantitative estimate of drug-likeness (QED) is 0.0393. The van der Waals surface area contributed by atoms with E-state index in [0.29, 0.717) is 51.1 Å². The SMILES string of the molecule is CC(C)(CC(=O)C(C)(C)CC(=O)C(C)(C)NC(=O)[C@@H]([NH])Cc1cnc[nH]1)C(=O)C[C@@H](CCCCNC(=O)COCCOCCNC(=O)CCCCCCCCCCCCCCCCC(=O)O)C(N)=O. The van der Waals surface area contributed by atoms with Crippen LogP contribution in [0.5, 0.6) is 0 Å². The fourth-order valence-electron chi connectivity index (χ4n) is 7.69. The molecule has 1 aromatic heterocycles. The van der Waals surface area contributed by atoms with E-state index in [2.05, 4.69) is 25.9 Å². The molecule has 1 aromatic rings. The summed E-state index contributed by atoms with van der Waals surface area (Å²) in [6, 6.07) is -1.17. The molecule has 393 valence electrons. The molecule has 4 amide bonds. The molecular weight excluding hydrogens is 887 g/mol. The number of amides is 4. The van der Waals surface area contributed by atoms with Gasteiger partial charge in [0.2, 0.25) is 23.6 Å². The summed E-state index contributed by atoms with van der Waals surface area (Å²) in [5, 5.41) is 16.9. The second-order valence-corrected chi connectivity index (χ2v) is 20.3. The first kappa shape index (κ1) is 62.5. The number of aromatic nitrogens is 2. The van der Waals surface area contributed by atoms with E-state index in [4.69, 9.17) is 26.0 Å². The molecule has 8 N–H and O–H groups in total. The summed E-state index contributed by atoms with van der Waals surface area (Å²) in [7, 11) is 0. The Labute approximate surface area is 411 Å². The highest BCUT2D eigenvalue weighted by atomic mass is 16.5. The molecule has 2 atom stereocenters. The highest BCUT2D eigenvalue weighted by Crippen LogP contribution is 2.34. The number of rotatable bonds is 44. The molecule has 18 nitrogen and oxygen atoms in total. The largest absolute Gasteiger partial charge is 0.481 e. The van der Waals surface area contributed by atoms with Crippen molar-refractivity contribution in [1.82, 2.24) is 31.7 Å². The van der Waals surface area contributed by atoms with Gasteiger partial charge in [-0.15, -0.1) is 0 Å². The number of hydrogen-bond acceptors (Lipinski definition) is 11. The van der Waals surface area contributed by atoms with Gasteiger partial charge in [0.15, 0.2) is 5.78 Å². The van der Waals surface area contributed by atoms with Crippen LogP contribution >= 0.6 is 0 Å². The summed E-state index contributed by atoms with van der Waals surface area (Å²) in [5.74, 6) is -4.05. The zero-order valence-corrected chi connectivity index (χ0v) is 42.9. The van der Waals surface area contributed by atoms with Crippen molar-refractivity contribution in [3.63, 3.8) is 0 Å². The van der Waals surface area contributed by atoms with Crippen LogP contribution in [0.3, 0.4) is 0 Å². The monoisotopic (exact) mass is 975 g/mol. The van der Waals surface area contributed by atoms with E-state index < -0.39 is 51.9 Å². The Morgan fingerprint density at radius 1 is 0.667 bits per heavy atom. The molecule has 18 heteroatoms. The van der Waals surface area contributed by atoms with E-state index in [0.717, 1.165) is 38.5 Å². The van der Waals surface area contributed by atoms with Crippen LogP contribution in [0.2, 0.25) is 0 Å². The molecule has 1 radical (unpaired) electrons. The molecule has 0 aliphatic rings. The molecular formula is C51H88N7O11. The average molecular weight is 975 g/mol. The van der Waals surface area contributed by atoms with E-state index in [1.807, 2.05) is 0 Å². The summed E-state index contributed by atoms with van der Waals surface area (Å²) in [6.45, 7) is 11.0. The van der Waals surface area contributed by atoms with Gasteiger partial charge in [-0.25, -0.2) is 10.7 Å². The predicted molar refractivity (Wildman–Crippen MR) is 264 cm³/mol. The summed E-state index contributed by atoms with van der Waals surface area (Å²) >= 11 is 0. The number of imidazole rings is 1. The van der Waals surface area contributed by atoms with E-state index in [1.165, 1.54) is 77.7 Å². The molecule has 0 aromatic carbocycles. The molecule has 0 saturated carbocycles. The number of carbonyl (C=O) groups is 8. The van der Waals surface area contributed by atoms with Crippen molar-refractivity contribution in [2.24, 2.45) is 22.5 Å². The number of aliphatic carboxylic acids is 1. The Balaban J connectivity index is 2.17. The lowest BCUT2D eigenvalue weighted by Gasteiger charge is -2.33. The zero-order chi connectivity index (χ0) is 51.7. The van der Waals surface area contributed by atoms with E-state index >= 15 is 0 Å². The van der Waals surface area contributed by atoms with Gasteiger partial charge in [0.25, 0.3) is 0 Å². The van der Waals surface area contributed by atoms with Crippen LogP contribution in [0.25, 0.3) is 0 Å². The number of unbranched alkanes of at least 4 members (excludes halogenated alkanes) is 14. The number of ketones is 3. The van der Waals surface area contributed by atoms with Gasteiger partial charge in [0, 0.05) is 80.3 Å². The number of aromatic amines is 1. The minimum atomic E-state index is -1.35. The van der Waals surface area contributed by atoms with E-state index in [9.17, 15) is 38.4 Å². The lowest BCUT2D eigenvalue weighted by Crippen LogP contribution is -2.54. The van der Waals surface area contributed by atoms with Gasteiger partial charge in [0.05, 0.1) is 31.7 Å². The smallest absolute Gasteiger partial charge is 0.303 e. The Morgan fingerprint density at radius 3 is 1.74 bits per heavy atom. The number of carbonyl (C=O) groups excluding carboxylic acids is 7. The number of nitrogens with zero attached hydrogens (tertiary/aromatic N) is 1. The Morgan fingerprint density at radius 2 is 1.19 bits per heavy atom. The average Bonchev–Trinajstić information content (AvgIpc) is 3.78. The van der Waals surface area contributed by atoms with Crippen LogP contribution in [0.15, 0.2) is 12.5 Å². The van der Waals surface area contributed by atoms with Crippen LogP contribution in [0.4, 0.5) is 0 Å². The maximum Gasteiger partial charge on any atom is 0.303 e. The van der Waals surface area contributed by atoms with Gasteiger partial charge in [-0.2, -0.15) is 0 Å². The molecule has 0 saturated heterocycles. The van der Waals surface area contributed by atoms with Crippen LogP contribution in [0.1, 0.15) is 188 Å². The van der Waals surface area contributed by atoms with Gasteiger partial charge in [-0.1, -0.05) is 111 Å². The van der Waals surface area contributed by atoms with Gasteiger partial charge < -0.3 is 41.2 Å². The van der Waals surface area contributed by atoms with Crippen molar-refractivity contribution in [2.75, 3.05) is 39.5 Å². The third-order valence-corrected chi connectivity index (χ3v) is 12.5. The summed E-state index contributed by atoms with van der Waals surface area (Å²) in [6.07, 6.45) is 20.6. The highest BCUT2D eigenvalue weighted by molar-refractivity contribution is 5.99. The number of hydrogen-bond donors (Lipinski definition) is 6. The van der Waals surface area contributed by atoms with Crippen molar-refractivity contribution >= 4 is 46.9 Å². The summed E-state index contributed by atoms with van der Waals surface area (Å²) in [4.78, 5) is 107. The fourth-order valence-corrected chi connectivity index (χ4v) is 7.69. The third-order valence-electron chi connectivity index (χ3n) is 12.5. The Kier molecular flexibility index (Phi) is 31.4. The molecule has 0 aliphatic carbocycles. The zero-order valence-electron chi connectivity index (χ0n) is 42.9. The minimum absolute atomic E-state index is 0.0152. The van der Waals surface area contributed by atoms with Gasteiger partial charge >= 0.3 is 5.97 Å². The predicted octanol–water partition coefficient (Wildman–Crippen LogP) is 6.29. The number of H-pyrrole nitrogens is 1. The maximum atomic E-state index is 13.5. The molecule has 1 rings (SSSR count). The summed E-state index contributed by atoms with van der Waals surface area (Å²) in [5.41, 5.74) is 10.8. The Bertz CT molecular complexity index is 1700. The van der Waals surface area contributed by atoms with Gasteiger partial charge in [-0.3, -0.25) is 38.4 Å². The van der Waals surface area contributed by atoms with Crippen molar-refractivity contribution in [1.29, 1.82) is 0 Å². The number of nitrogens with one attached hydrogen (secondary N) is 5. The standard InChI is InChI=1S/C51H88N7O11/c1-49(2,33-42(60)50(3,4)34-43(61)51(5,6)58-48(67)40(52)32-39-35-54-37-57-39)41(59)31-38(47(53)66)23-21-22-26-55-45(63)36-69-30-29-68-28-27-56-44(62)24-19-17-15-13-11-9-7-8-10-12-14-16-18-20-25-46(64)65/h35,37-38,40,52H,7-34,36H2,1-6H3,(H2,53,66)(H,54,57)(H,55,63)(H,56,62)(H,58,67)(H,64,65)/t38-,40+/m1/s1. The second-order valence-electron chi connectivity index (χ2n) is 20.3. The molecule has 0 spiro atoms. The van der Waals surface area contributed by atoms with Crippen molar-refractivity contribution in [3.05, 3.63) is 18.2 Å². The van der Waals surface area contributed by atoms with Crippen molar-refractivity contribution in [2.45, 2.75) is 201 Å². The molecule has 69 heavy (non-hydrogen) atoms. The third kappa shape index (κ3) is 29.9. The van der Waals surface area contributed by atoms with Crippen LogP contribution in [-0.2, 0) is 54.3 Å². The van der Waals surface area contributed by atoms with Gasteiger partial charge in [-0.05, 0) is 39.5 Å². The number of primary amides is 1. The minimum Gasteiger partial charge on any atom is -0.481 e. The Hall–Kier alpha value is -4.55. The normalized spacial score (nSPS) is 12.8. The van der Waals surface area contributed by atoms with E-state index in [-0.39, 0.29) is 75.3 Å². The second kappa shape index (κ2) is 34.7. The van der Waals surface area contributed by atoms with Crippen LogP contribution < -0.4 is 27.4 Å². The molecule has 0 bridgehead atoms. The number of carboxylic acids is 1. The molecule has 0 unspecified atom stereocenters. The van der Waals surface area contributed by atoms with Gasteiger partial charge in [0.1, 0.15) is 24.2 Å². The summed E-state index contributed by atoms with van der Waals surface area (Å²) < 4.78 is 10.9. The number of ether oxygens (including phenoxy) is 2. The van der Waals surface area contributed by atoms with E-state index in [1.54, 1.807) is 27.7 Å². The molecule has 0 fully saturated rings. The molecule has 0 aliphatic heterocycles. The number of Topliss-reactive ketones (excluding diaryl/α,β-unsaturated/α-hetero) is 3. The number of carboxylic acid groups (broad SMARTS) is 1. The topological polar surface area (TPSA) is 290 Å². The van der Waals surface area contributed by atoms with Crippen molar-refractivity contribution in [3.8, 4) is 0 Å². The van der Waals surface area contributed by atoms with Crippen LogP contribution in [-0.4, -0.2) is 113 Å². The first-order chi connectivity index (χ1) is 32.6. The first-order valence-electron chi connectivity index (χ1n) is 25.4. The maximum absolute atomic E-state index is 13.5. The lowest BCUT2D eigenvalue weighted by molar-refractivity contribution is -0.140. The molecule has 1 heterocycles. The fraction of sp³-hybridized carbons (Fsp3) is 0.784. The highest BCUT2D eigenvalue weighted by Gasteiger charge is 2.41. The van der Waals surface area contributed by atoms with Crippen LogP contribution in [0, 0.1) is 16.7 Å². The lowest BCUT2D eigenvalue weighted by atomic mass is 9.71. The number of nitrogens with two attached hydrogens (primary N) is 1.